The van der Waals surface area contributed by atoms with Gasteiger partial charge in [0.25, 0.3) is 0 Å². The summed E-state index contributed by atoms with van der Waals surface area (Å²) in [4.78, 5) is 13.3. The van der Waals surface area contributed by atoms with Gasteiger partial charge in [-0.1, -0.05) is 39.0 Å². The fraction of sp³-hybridized carbons (Fsp3) is 0.371. The van der Waals surface area contributed by atoms with Crippen LogP contribution in [0.2, 0.25) is 0 Å². The Morgan fingerprint density at radius 3 is 2.40 bits per heavy atom. The summed E-state index contributed by atoms with van der Waals surface area (Å²) in [5, 5.41) is 1.93. The molecule has 3 aromatic carbocycles. The molecular formula is C35H38NO6+. The Labute approximate surface area is 246 Å². The van der Waals surface area contributed by atoms with Crippen LogP contribution in [0.4, 0.5) is 0 Å². The fourth-order valence-electron chi connectivity index (χ4n) is 6.12. The lowest BCUT2D eigenvalue weighted by molar-refractivity contribution is -0.686. The monoisotopic (exact) mass is 568 g/mol. The number of fused-ring (bicyclic) bond motifs is 5. The molecule has 0 aliphatic carbocycles. The molecule has 0 spiro atoms. The van der Waals surface area contributed by atoms with E-state index in [-0.39, 0.29) is 6.79 Å². The predicted octanol–water partition coefficient (Wildman–Crippen LogP) is 7.22. The number of methoxy groups -OCH3 is 2. The normalized spacial score (nSPS) is 13.0. The summed E-state index contributed by atoms with van der Waals surface area (Å²) in [5.41, 5.74) is 5.35. The highest BCUT2D eigenvalue weighted by Gasteiger charge is 2.32. The average Bonchev–Trinajstić information content (AvgIpc) is 3.48. The molecule has 0 bridgehead atoms. The zero-order chi connectivity index (χ0) is 29.1. The number of aromatic nitrogens is 1. The second-order valence-electron chi connectivity index (χ2n) is 11.0. The molecule has 7 heteroatoms. The number of hydrogen-bond donors (Lipinski definition) is 0. The number of pyridine rings is 1. The van der Waals surface area contributed by atoms with E-state index >= 15 is 0 Å². The molecule has 6 rings (SSSR count). The zero-order valence-electron chi connectivity index (χ0n) is 24.7. The summed E-state index contributed by atoms with van der Waals surface area (Å²) in [6.07, 6.45) is 11.2. The van der Waals surface area contributed by atoms with Crippen LogP contribution >= 0.6 is 0 Å². The maximum Gasteiger partial charge on any atom is 0.343 e. The topological polar surface area (TPSA) is 67.1 Å². The lowest BCUT2D eigenvalue weighted by Crippen LogP contribution is -2.41. The first-order valence-corrected chi connectivity index (χ1v) is 15.0. The van der Waals surface area contributed by atoms with E-state index in [1.54, 1.807) is 38.5 Å². The van der Waals surface area contributed by atoms with Crippen molar-refractivity contribution in [3.05, 3.63) is 71.4 Å². The van der Waals surface area contributed by atoms with Gasteiger partial charge in [0.1, 0.15) is 5.75 Å². The van der Waals surface area contributed by atoms with Crippen LogP contribution in [-0.2, 0) is 19.4 Å². The molecule has 0 saturated heterocycles. The van der Waals surface area contributed by atoms with Gasteiger partial charge in [-0.05, 0) is 66.9 Å². The van der Waals surface area contributed by atoms with Gasteiger partial charge in [-0.3, -0.25) is 0 Å². The molecule has 1 aromatic heterocycles. The number of aryl methyl sites for hydroxylation is 3. The Balaban J connectivity index is 1.45. The Morgan fingerprint density at radius 1 is 0.881 bits per heavy atom. The van der Waals surface area contributed by atoms with Crippen molar-refractivity contribution in [3.8, 4) is 40.0 Å². The highest BCUT2D eigenvalue weighted by Crippen LogP contribution is 2.44. The first kappa shape index (κ1) is 27.9. The Kier molecular flexibility index (Phi) is 8.17. The minimum absolute atomic E-state index is 0.253. The number of hydrogen-bond acceptors (Lipinski definition) is 6. The second kappa shape index (κ2) is 12.3. The van der Waals surface area contributed by atoms with Crippen LogP contribution in [0.25, 0.3) is 22.0 Å². The summed E-state index contributed by atoms with van der Waals surface area (Å²) >= 11 is 0. The molecule has 0 amide bonds. The number of benzene rings is 3. The number of carbonyl (C=O) groups excluding carboxylic acids is 1. The van der Waals surface area contributed by atoms with E-state index in [4.69, 9.17) is 23.7 Å². The van der Waals surface area contributed by atoms with Crippen molar-refractivity contribution in [2.45, 2.75) is 64.8 Å². The van der Waals surface area contributed by atoms with Gasteiger partial charge in [-0.2, -0.15) is 4.57 Å². The molecule has 4 aromatic rings. The molecule has 3 heterocycles. The summed E-state index contributed by atoms with van der Waals surface area (Å²) in [6.45, 7) is 3.31. The van der Waals surface area contributed by atoms with E-state index in [0.29, 0.717) is 22.8 Å². The first-order chi connectivity index (χ1) is 20.6. The van der Waals surface area contributed by atoms with Gasteiger partial charge in [-0.15, -0.1) is 0 Å². The number of unbranched alkanes of at least 4 members (excludes halogenated alkanes) is 5. The van der Waals surface area contributed by atoms with E-state index in [0.717, 1.165) is 48.1 Å². The molecule has 7 nitrogen and oxygen atoms in total. The highest BCUT2D eigenvalue weighted by atomic mass is 16.7. The maximum absolute atomic E-state index is 13.3. The van der Waals surface area contributed by atoms with E-state index in [1.165, 1.54) is 54.5 Å². The number of rotatable bonds is 11. The maximum atomic E-state index is 13.3. The third-order valence-electron chi connectivity index (χ3n) is 8.34. The first-order valence-electron chi connectivity index (χ1n) is 15.0. The molecule has 42 heavy (non-hydrogen) atoms. The lowest BCUT2D eigenvalue weighted by atomic mass is 9.89. The van der Waals surface area contributed by atoms with Crippen molar-refractivity contribution < 1.29 is 33.0 Å². The van der Waals surface area contributed by atoms with Crippen LogP contribution in [0.3, 0.4) is 0 Å². The van der Waals surface area contributed by atoms with Gasteiger partial charge in [-0.25, -0.2) is 4.79 Å². The van der Waals surface area contributed by atoms with Gasteiger partial charge in [0.15, 0.2) is 35.7 Å². The largest absolute Gasteiger partial charge is 0.497 e. The molecular weight excluding hydrogens is 530 g/mol. The standard InChI is InChI=1S/C35H38NO6/c1-4-5-6-7-8-9-10-27-26-15-16-30(39-3)34(42-35(37)23-11-13-25(38-2)14-12-23)29(26)21-36-18-17-24-19-31-32(41-22-40-31)20-28(24)33(27)36/h11-16,19-21H,4-10,17-18,22H2,1-3H3/q+1. The summed E-state index contributed by atoms with van der Waals surface area (Å²) in [7, 11) is 3.20. The van der Waals surface area contributed by atoms with Crippen molar-refractivity contribution in [1.82, 2.24) is 0 Å². The van der Waals surface area contributed by atoms with E-state index < -0.39 is 5.97 Å². The number of nitrogens with zero attached hydrogens (tertiary/aromatic N) is 1. The number of esters is 1. The van der Waals surface area contributed by atoms with Crippen molar-refractivity contribution >= 4 is 16.7 Å². The molecule has 0 radical (unpaired) electrons. The minimum atomic E-state index is -0.443. The van der Waals surface area contributed by atoms with Gasteiger partial charge in [0.05, 0.1) is 30.7 Å². The van der Waals surface area contributed by atoms with Crippen molar-refractivity contribution in [1.29, 1.82) is 0 Å². The predicted molar refractivity (Wildman–Crippen MR) is 161 cm³/mol. The second-order valence-corrected chi connectivity index (χ2v) is 11.0. The summed E-state index contributed by atoms with van der Waals surface area (Å²) in [6, 6.07) is 15.2. The van der Waals surface area contributed by atoms with E-state index in [2.05, 4.69) is 35.9 Å². The van der Waals surface area contributed by atoms with E-state index in [9.17, 15) is 4.79 Å². The van der Waals surface area contributed by atoms with Crippen LogP contribution < -0.4 is 28.3 Å². The third-order valence-corrected chi connectivity index (χ3v) is 8.34. The Hall–Kier alpha value is -4.26. The number of carbonyl (C=O) groups is 1. The smallest absolute Gasteiger partial charge is 0.343 e. The zero-order valence-corrected chi connectivity index (χ0v) is 24.7. The SMILES string of the molecule is CCCCCCCCc1c2[n+](cc3c(OC(=O)c4ccc(OC)cc4)c(OC)ccc13)CCc1cc3c(cc1-2)OCO3. The third kappa shape index (κ3) is 5.36. The quantitative estimate of drug-likeness (QED) is 0.0824. The van der Waals surface area contributed by atoms with Crippen molar-refractivity contribution in [2.24, 2.45) is 0 Å². The van der Waals surface area contributed by atoms with Crippen LogP contribution in [0, 0.1) is 0 Å². The molecule has 2 aliphatic heterocycles. The molecule has 0 saturated carbocycles. The number of ether oxygens (including phenoxy) is 5. The fourth-order valence-corrected chi connectivity index (χ4v) is 6.12. The molecule has 0 unspecified atom stereocenters. The van der Waals surface area contributed by atoms with Crippen LogP contribution in [-0.4, -0.2) is 27.0 Å². The van der Waals surface area contributed by atoms with Crippen LogP contribution in [0.15, 0.2) is 54.7 Å². The molecule has 2 aliphatic rings. The van der Waals surface area contributed by atoms with Gasteiger partial charge >= 0.3 is 5.97 Å². The van der Waals surface area contributed by atoms with Gasteiger partial charge in [0.2, 0.25) is 12.5 Å². The molecule has 0 atom stereocenters. The van der Waals surface area contributed by atoms with Crippen LogP contribution in [0.5, 0.6) is 28.7 Å². The van der Waals surface area contributed by atoms with Crippen molar-refractivity contribution in [3.63, 3.8) is 0 Å². The Morgan fingerprint density at radius 2 is 1.64 bits per heavy atom. The van der Waals surface area contributed by atoms with Gasteiger partial charge < -0.3 is 23.7 Å². The minimum Gasteiger partial charge on any atom is -0.497 e. The van der Waals surface area contributed by atoms with E-state index in [1.807, 2.05) is 6.07 Å². The van der Waals surface area contributed by atoms with Crippen LogP contribution in [0.1, 0.15) is 66.9 Å². The lowest BCUT2D eigenvalue weighted by Gasteiger charge is -2.21. The highest BCUT2D eigenvalue weighted by molar-refractivity contribution is 5.99. The Bertz CT molecular complexity index is 1610. The molecule has 0 fully saturated rings. The molecule has 0 N–H and O–H groups in total. The van der Waals surface area contributed by atoms with Crippen molar-refractivity contribution in [2.75, 3.05) is 21.0 Å². The average molecular weight is 569 g/mol. The summed E-state index contributed by atoms with van der Waals surface area (Å²) < 4.78 is 30.8. The molecule has 218 valence electrons. The van der Waals surface area contributed by atoms with Gasteiger partial charge in [0, 0.05) is 17.4 Å². The summed E-state index contributed by atoms with van der Waals surface area (Å²) in [5.74, 6) is 2.80.